The molecule has 1 fully saturated rings. The molecule has 0 aromatic carbocycles. The Hall–Kier alpha value is -2.46. The fourth-order valence-corrected chi connectivity index (χ4v) is 3.25. The number of anilines is 2. The zero-order valence-corrected chi connectivity index (χ0v) is 13.5. The molecule has 2 aromatic rings. The van der Waals surface area contributed by atoms with E-state index in [9.17, 15) is 4.79 Å². The monoisotopic (exact) mass is 314 g/mol. The van der Waals surface area contributed by atoms with Gasteiger partial charge < -0.3 is 25.5 Å². The number of aromatic nitrogens is 3. The Morgan fingerprint density at radius 1 is 1.57 bits per heavy atom. The number of hydrogen-bond acceptors (Lipinski definition) is 5. The van der Waals surface area contributed by atoms with Crippen LogP contribution in [0.5, 0.6) is 0 Å². The summed E-state index contributed by atoms with van der Waals surface area (Å²) in [4.78, 5) is 21.6. The molecule has 0 spiro atoms. The third-order valence-corrected chi connectivity index (χ3v) is 4.24. The van der Waals surface area contributed by atoms with Gasteiger partial charge in [0.05, 0.1) is 12.9 Å². The molecule has 0 aliphatic carbocycles. The van der Waals surface area contributed by atoms with Crippen LogP contribution in [0.2, 0.25) is 0 Å². The molecule has 1 aliphatic rings. The van der Waals surface area contributed by atoms with Crippen LogP contribution in [0.4, 0.5) is 11.5 Å². The van der Waals surface area contributed by atoms with Crippen molar-refractivity contribution in [2.45, 2.75) is 32.4 Å². The Bertz CT molecular complexity index is 825. The van der Waals surface area contributed by atoms with Crippen LogP contribution in [0.15, 0.2) is 11.1 Å². The van der Waals surface area contributed by atoms with Crippen molar-refractivity contribution in [3.05, 3.63) is 16.7 Å². The van der Waals surface area contributed by atoms with E-state index < -0.39 is 0 Å². The van der Waals surface area contributed by atoms with Gasteiger partial charge in [0.15, 0.2) is 0 Å². The van der Waals surface area contributed by atoms with E-state index in [1.807, 2.05) is 11.6 Å². The van der Waals surface area contributed by atoms with Crippen LogP contribution >= 0.6 is 0 Å². The van der Waals surface area contributed by atoms with Gasteiger partial charge in [0, 0.05) is 26.2 Å². The lowest BCUT2D eigenvalue weighted by atomic mass is 10.1. The SMILES string of the molecule is CC#CCn1c(N2CCC[C@H](N)C2)c(NC)c2nc[nH]c(=O)c21. The van der Waals surface area contributed by atoms with Crippen LogP contribution in [0.25, 0.3) is 11.0 Å². The fraction of sp³-hybridized carbons (Fsp3) is 0.500. The number of nitrogens with zero attached hydrogens (tertiary/aromatic N) is 3. The van der Waals surface area contributed by atoms with Gasteiger partial charge in [-0.15, -0.1) is 5.92 Å². The van der Waals surface area contributed by atoms with Crippen molar-refractivity contribution < 1.29 is 0 Å². The van der Waals surface area contributed by atoms with Crippen molar-refractivity contribution in [1.82, 2.24) is 14.5 Å². The zero-order valence-electron chi connectivity index (χ0n) is 13.5. The summed E-state index contributed by atoms with van der Waals surface area (Å²) in [5.74, 6) is 6.91. The van der Waals surface area contributed by atoms with Crippen molar-refractivity contribution >= 4 is 22.5 Å². The second-order valence-corrected chi connectivity index (χ2v) is 5.74. The Balaban J connectivity index is 2.26. The third kappa shape index (κ3) is 2.66. The number of fused-ring (bicyclic) bond motifs is 1. The van der Waals surface area contributed by atoms with Crippen molar-refractivity contribution in [2.75, 3.05) is 30.4 Å². The van der Waals surface area contributed by atoms with Crippen molar-refractivity contribution in [3.63, 3.8) is 0 Å². The highest BCUT2D eigenvalue weighted by Crippen LogP contribution is 2.35. The molecule has 7 nitrogen and oxygen atoms in total. The number of aromatic amines is 1. The topological polar surface area (TPSA) is 92.0 Å². The van der Waals surface area contributed by atoms with Crippen molar-refractivity contribution in [3.8, 4) is 11.8 Å². The predicted octanol–water partition coefficient (Wildman–Crippen LogP) is 0.717. The number of nitrogens with two attached hydrogens (primary N) is 1. The van der Waals surface area contributed by atoms with E-state index in [4.69, 9.17) is 5.73 Å². The summed E-state index contributed by atoms with van der Waals surface area (Å²) in [5.41, 5.74) is 8.07. The summed E-state index contributed by atoms with van der Waals surface area (Å²) in [6, 6.07) is 0.142. The summed E-state index contributed by atoms with van der Waals surface area (Å²) in [7, 11) is 1.85. The van der Waals surface area contributed by atoms with Crippen molar-refractivity contribution in [1.29, 1.82) is 0 Å². The largest absolute Gasteiger partial charge is 0.383 e. The standard InChI is InChI=1S/C16H22N6O/c1-3-4-8-22-14-12(19-10-20-15(14)23)13(18-2)16(22)21-7-5-6-11(17)9-21/h10-11,18H,5-9,17H2,1-2H3,(H,19,20,23)/t11-/m0/s1. The minimum absolute atomic E-state index is 0.142. The first-order valence-corrected chi connectivity index (χ1v) is 7.85. The maximum absolute atomic E-state index is 12.4. The Morgan fingerprint density at radius 3 is 3.09 bits per heavy atom. The first-order chi connectivity index (χ1) is 11.2. The molecule has 0 saturated carbocycles. The summed E-state index contributed by atoms with van der Waals surface area (Å²) < 4.78 is 1.95. The smallest absolute Gasteiger partial charge is 0.275 e. The van der Waals surface area contributed by atoms with Gasteiger partial charge in [-0.25, -0.2) is 4.98 Å². The van der Waals surface area contributed by atoms with Gasteiger partial charge in [-0.1, -0.05) is 5.92 Å². The van der Waals surface area contributed by atoms with Crippen LogP contribution < -0.4 is 21.5 Å². The lowest BCUT2D eigenvalue weighted by Gasteiger charge is -2.33. The molecule has 1 aliphatic heterocycles. The molecular weight excluding hydrogens is 292 g/mol. The molecule has 23 heavy (non-hydrogen) atoms. The lowest BCUT2D eigenvalue weighted by Crippen LogP contribution is -2.43. The maximum atomic E-state index is 12.4. The summed E-state index contributed by atoms with van der Waals surface area (Å²) >= 11 is 0. The summed E-state index contributed by atoms with van der Waals surface area (Å²) in [5, 5.41) is 3.21. The number of hydrogen-bond donors (Lipinski definition) is 3. The summed E-state index contributed by atoms with van der Waals surface area (Å²) in [6.45, 7) is 3.92. The number of rotatable bonds is 3. The van der Waals surface area contributed by atoms with Crippen LogP contribution in [-0.2, 0) is 6.54 Å². The Kier molecular flexibility index (Phi) is 4.26. The average Bonchev–Trinajstić information content (AvgIpc) is 2.87. The molecule has 0 amide bonds. The molecule has 7 heteroatoms. The quantitative estimate of drug-likeness (QED) is 0.726. The molecule has 1 saturated heterocycles. The second kappa shape index (κ2) is 6.34. The van der Waals surface area contributed by atoms with Crippen LogP contribution in [0, 0.1) is 11.8 Å². The molecule has 0 unspecified atom stereocenters. The van der Waals surface area contributed by atoms with E-state index in [-0.39, 0.29) is 11.6 Å². The van der Waals surface area contributed by atoms with E-state index in [2.05, 4.69) is 32.0 Å². The Labute approximate surface area is 134 Å². The lowest BCUT2D eigenvalue weighted by molar-refractivity contribution is 0.499. The molecule has 2 aromatic heterocycles. The van der Waals surface area contributed by atoms with E-state index >= 15 is 0 Å². The number of H-pyrrole nitrogens is 1. The third-order valence-electron chi connectivity index (χ3n) is 4.24. The normalized spacial score (nSPS) is 17.9. The van der Waals surface area contributed by atoms with Gasteiger partial charge in [-0.3, -0.25) is 4.79 Å². The van der Waals surface area contributed by atoms with Crippen molar-refractivity contribution in [2.24, 2.45) is 5.73 Å². The molecule has 0 bridgehead atoms. The van der Waals surface area contributed by atoms with E-state index in [0.717, 1.165) is 37.4 Å². The minimum Gasteiger partial charge on any atom is -0.383 e. The van der Waals surface area contributed by atoms with E-state index in [1.165, 1.54) is 6.33 Å². The molecule has 4 N–H and O–H groups in total. The fourth-order valence-electron chi connectivity index (χ4n) is 3.25. The first-order valence-electron chi connectivity index (χ1n) is 7.85. The van der Waals surface area contributed by atoms with Gasteiger partial charge >= 0.3 is 0 Å². The van der Waals surface area contributed by atoms with E-state index in [1.54, 1.807) is 6.92 Å². The number of nitrogens with one attached hydrogen (secondary N) is 2. The maximum Gasteiger partial charge on any atom is 0.275 e. The second-order valence-electron chi connectivity index (χ2n) is 5.74. The molecule has 122 valence electrons. The molecule has 3 rings (SSSR count). The van der Waals surface area contributed by atoms with Gasteiger partial charge in [0.2, 0.25) is 0 Å². The summed E-state index contributed by atoms with van der Waals surface area (Å²) in [6.07, 6.45) is 3.50. The molecule has 1 atom stereocenters. The highest BCUT2D eigenvalue weighted by atomic mass is 16.1. The van der Waals surface area contributed by atoms with Gasteiger partial charge in [0.1, 0.15) is 22.5 Å². The highest BCUT2D eigenvalue weighted by Gasteiger charge is 2.26. The zero-order chi connectivity index (χ0) is 16.4. The van der Waals surface area contributed by atoms with Crippen LogP contribution in [0.3, 0.4) is 0 Å². The van der Waals surface area contributed by atoms with E-state index in [0.29, 0.717) is 17.6 Å². The molecule has 0 radical (unpaired) electrons. The highest BCUT2D eigenvalue weighted by molar-refractivity contribution is 5.97. The first kappa shape index (κ1) is 15.4. The average molecular weight is 314 g/mol. The van der Waals surface area contributed by atoms with Crippen LogP contribution in [0.1, 0.15) is 19.8 Å². The number of piperidine rings is 1. The van der Waals surface area contributed by atoms with Gasteiger partial charge in [-0.2, -0.15) is 0 Å². The van der Waals surface area contributed by atoms with Gasteiger partial charge in [0.25, 0.3) is 5.56 Å². The minimum atomic E-state index is -0.156. The Morgan fingerprint density at radius 2 is 2.39 bits per heavy atom. The van der Waals surface area contributed by atoms with Gasteiger partial charge in [-0.05, 0) is 19.8 Å². The molecule has 3 heterocycles. The van der Waals surface area contributed by atoms with Crippen LogP contribution in [-0.4, -0.2) is 40.7 Å². The molecular formula is C16H22N6O. The predicted molar refractivity (Wildman–Crippen MR) is 92.8 cm³/mol.